The van der Waals surface area contributed by atoms with Gasteiger partial charge in [0.05, 0.1) is 0 Å². The van der Waals surface area contributed by atoms with Crippen LogP contribution in [-0.4, -0.2) is 16.1 Å². The highest BCUT2D eigenvalue weighted by molar-refractivity contribution is 6.97. The molecule has 0 aromatic carbocycles. The highest BCUT2D eigenvalue weighted by Crippen LogP contribution is 2.37. The van der Waals surface area contributed by atoms with Gasteiger partial charge in [0.15, 0.2) is 0 Å². The Morgan fingerprint density at radius 2 is 1.17 bits per heavy atom. The third-order valence-electron chi connectivity index (χ3n) is 2.22. The van der Waals surface area contributed by atoms with Crippen molar-refractivity contribution >= 4 is 16.1 Å². The molecular weight excluding hydrogens is 176 g/mol. The van der Waals surface area contributed by atoms with Gasteiger partial charge in [-0.25, -0.2) is 0 Å². The molecule has 0 spiro atoms. The van der Waals surface area contributed by atoms with Gasteiger partial charge in [0.2, 0.25) is 0 Å². The molecule has 0 radical (unpaired) electrons. The van der Waals surface area contributed by atoms with Gasteiger partial charge in [-0.3, -0.25) is 0 Å². The molecule has 0 aliphatic carbocycles. The molecule has 0 aliphatic rings. The molecule has 0 aromatic rings. The largest absolute Gasteiger partial charge is 0.100 e. The van der Waals surface area contributed by atoms with Gasteiger partial charge in [-0.2, -0.15) is 0 Å². The maximum absolute atomic E-state index is 4.16. The van der Waals surface area contributed by atoms with E-state index in [1.807, 2.05) is 0 Å². The van der Waals surface area contributed by atoms with Crippen LogP contribution in [-0.2, 0) is 0 Å². The highest BCUT2D eigenvalue weighted by atomic mass is 28.4. The molecule has 0 unspecified atom stereocenters. The van der Waals surface area contributed by atoms with Crippen LogP contribution >= 0.6 is 0 Å². The minimum Gasteiger partial charge on any atom is -0.100 e. The van der Waals surface area contributed by atoms with E-state index in [1.54, 1.807) is 0 Å². The lowest BCUT2D eigenvalue weighted by Crippen LogP contribution is -2.44. The first-order chi connectivity index (χ1) is 5.07. The van der Waals surface area contributed by atoms with Crippen LogP contribution in [0, 0.1) is 0 Å². The molecular formula is C10H24Si2. The summed E-state index contributed by atoms with van der Waals surface area (Å²) in [5, 5.41) is 0.866. The number of hydrogen-bond donors (Lipinski definition) is 0. The molecule has 12 heavy (non-hydrogen) atoms. The van der Waals surface area contributed by atoms with Crippen LogP contribution in [0.25, 0.3) is 0 Å². The zero-order valence-electron chi connectivity index (χ0n) is 9.78. The van der Waals surface area contributed by atoms with Gasteiger partial charge >= 0.3 is 0 Å². The van der Waals surface area contributed by atoms with Crippen molar-refractivity contribution in [1.29, 1.82) is 0 Å². The molecule has 72 valence electrons. The third-order valence-corrected chi connectivity index (χ3v) is 11.9. The monoisotopic (exact) mass is 200 g/mol. The summed E-state index contributed by atoms with van der Waals surface area (Å²) in [6, 6.07) is 0. The van der Waals surface area contributed by atoms with Crippen molar-refractivity contribution in [2.24, 2.45) is 0 Å². The lowest BCUT2D eigenvalue weighted by atomic mass is 10.4. The molecule has 0 N–H and O–H groups in total. The van der Waals surface area contributed by atoms with E-state index in [0.29, 0.717) is 0 Å². The van der Waals surface area contributed by atoms with Crippen molar-refractivity contribution in [2.75, 3.05) is 0 Å². The minimum absolute atomic E-state index is 0.866. The Bertz CT molecular complexity index is 155. The highest BCUT2D eigenvalue weighted by Gasteiger charge is 2.37. The quantitative estimate of drug-likeness (QED) is 0.474. The normalized spacial score (nSPS) is 13.7. The van der Waals surface area contributed by atoms with Gasteiger partial charge in [0.1, 0.15) is 0 Å². The van der Waals surface area contributed by atoms with Crippen LogP contribution in [0.2, 0.25) is 44.4 Å². The Kier molecular flexibility index (Phi) is 3.55. The van der Waals surface area contributed by atoms with E-state index < -0.39 is 16.1 Å². The number of hydrogen-bond acceptors (Lipinski definition) is 0. The Labute approximate surface area is 80.1 Å². The topological polar surface area (TPSA) is 0 Å². The molecule has 0 heterocycles. The van der Waals surface area contributed by atoms with Gasteiger partial charge in [0, 0.05) is 16.1 Å². The predicted octanol–water partition coefficient (Wildman–Crippen LogP) is 4.15. The van der Waals surface area contributed by atoms with Crippen LogP contribution in [0.5, 0.6) is 0 Å². The summed E-state index contributed by atoms with van der Waals surface area (Å²) in [6.45, 7) is 21.1. The van der Waals surface area contributed by atoms with Gasteiger partial charge in [-0.1, -0.05) is 44.9 Å². The Hall–Kier alpha value is 0.174. The average Bonchev–Trinajstić information content (AvgIpc) is 1.49. The van der Waals surface area contributed by atoms with E-state index in [4.69, 9.17) is 0 Å². The van der Waals surface area contributed by atoms with E-state index in [1.165, 1.54) is 5.57 Å². The zero-order valence-corrected chi connectivity index (χ0v) is 11.8. The minimum atomic E-state index is -1.02. The van der Waals surface area contributed by atoms with Crippen molar-refractivity contribution in [3.8, 4) is 0 Å². The van der Waals surface area contributed by atoms with Gasteiger partial charge < -0.3 is 0 Å². The maximum atomic E-state index is 4.16. The van der Waals surface area contributed by atoms with Crippen LogP contribution in [0.1, 0.15) is 6.92 Å². The summed E-state index contributed by atoms with van der Waals surface area (Å²) in [4.78, 5) is 0. The lowest BCUT2D eigenvalue weighted by Gasteiger charge is -2.38. The van der Waals surface area contributed by atoms with E-state index in [2.05, 4.69) is 52.8 Å². The Balaban J connectivity index is 4.82. The maximum Gasteiger partial charge on any atom is 0.0488 e. The first kappa shape index (κ1) is 12.2. The number of rotatable bonds is 3. The van der Waals surface area contributed by atoms with Crippen molar-refractivity contribution < 1.29 is 0 Å². The molecule has 0 amide bonds. The zero-order chi connectivity index (χ0) is 10.2. The Morgan fingerprint density at radius 3 is 1.17 bits per heavy atom. The van der Waals surface area contributed by atoms with Crippen LogP contribution < -0.4 is 0 Å². The summed E-state index contributed by atoms with van der Waals surface area (Å²) >= 11 is 0. The lowest BCUT2D eigenvalue weighted by molar-refractivity contribution is 1.19. The third kappa shape index (κ3) is 3.27. The van der Waals surface area contributed by atoms with E-state index >= 15 is 0 Å². The second-order valence-corrected chi connectivity index (χ2v) is 17.2. The molecule has 2 heteroatoms. The van der Waals surface area contributed by atoms with E-state index in [9.17, 15) is 0 Å². The molecule has 0 saturated heterocycles. The van der Waals surface area contributed by atoms with Crippen molar-refractivity contribution in [2.45, 2.75) is 51.4 Å². The van der Waals surface area contributed by atoms with Crippen LogP contribution in [0.15, 0.2) is 12.2 Å². The predicted molar refractivity (Wildman–Crippen MR) is 65.3 cm³/mol. The van der Waals surface area contributed by atoms with Crippen molar-refractivity contribution in [3.05, 3.63) is 12.2 Å². The summed E-state index contributed by atoms with van der Waals surface area (Å²) in [6.07, 6.45) is 0. The standard InChI is InChI=1S/C10H24Si2/c1-9(2)10(11(3,4)5)12(6,7)8/h10H,1H2,2-8H3. The van der Waals surface area contributed by atoms with Crippen LogP contribution in [0.3, 0.4) is 0 Å². The fourth-order valence-electron chi connectivity index (χ4n) is 2.78. The second kappa shape index (κ2) is 3.50. The van der Waals surface area contributed by atoms with Gasteiger partial charge in [0.25, 0.3) is 0 Å². The summed E-state index contributed by atoms with van der Waals surface area (Å²) in [7, 11) is -2.05. The first-order valence-electron chi connectivity index (χ1n) is 4.72. The van der Waals surface area contributed by atoms with Gasteiger partial charge in [-0.05, 0) is 12.1 Å². The molecule has 0 saturated carbocycles. The average molecular weight is 200 g/mol. The molecule has 0 rings (SSSR count). The van der Waals surface area contributed by atoms with Crippen LogP contribution in [0.4, 0.5) is 0 Å². The fourth-order valence-corrected chi connectivity index (χ4v) is 16.1. The molecule has 0 nitrogen and oxygen atoms in total. The smallest absolute Gasteiger partial charge is 0.0488 e. The van der Waals surface area contributed by atoms with E-state index in [0.717, 1.165) is 5.16 Å². The molecule has 0 fully saturated rings. The SMILES string of the molecule is C=C(C)C([Si](C)(C)C)[Si](C)(C)C. The number of allylic oxidation sites excluding steroid dienone is 1. The summed E-state index contributed by atoms with van der Waals surface area (Å²) in [5.41, 5.74) is 1.42. The van der Waals surface area contributed by atoms with Gasteiger partial charge in [-0.15, -0.1) is 6.58 Å². The van der Waals surface area contributed by atoms with Crippen molar-refractivity contribution in [1.82, 2.24) is 0 Å². The molecule has 0 aromatic heterocycles. The summed E-state index contributed by atoms with van der Waals surface area (Å²) in [5.74, 6) is 0. The first-order valence-corrected chi connectivity index (χ1v) is 11.9. The molecule has 0 aliphatic heterocycles. The Morgan fingerprint density at radius 1 is 0.917 bits per heavy atom. The fraction of sp³-hybridized carbons (Fsp3) is 0.800. The van der Waals surface area contributed by atoms with Crippen molar-refractivity contribution in [3.63, 3.8) is 0 Å². The summed E-state index contributed by atoms with van der Waals surface area (Å²) < 4.78 is 0. The second-order valence-electron chi connectivity index (χ2n) is 6.01. The van der Waals surface area contributed by atoms with E-state index in [-0.39, 0.29) is 0 Å². The molecule has 0 bridgehead atoms. The molecule has 0 atom stereocenters.